The number of imidazole rings is 1. The van der Waals surface area contributed by atoms with E-state index in [0.717, 1.165) is 47.3 Å². The molecule has 0 aliphatic carbocycles. The maximum Gasteiger partial charge on any atom is 0.324 e. The fraction of sp³-hybridized carbons (Fsp3) is 0.389. The number of piperidine rings is 1. The Labute approximate surface area is 176 Å². The van der Waals surface area contributed by atoms with E-state index in [1.807, 2.05) is 18.3 Å². The van der Waals surface area contributed by atoms with Gasteiger partial charge < -0.3 is 9.74 Å². The SMILES string of the molecule is CC1(CC(=O)ON)CCN(c2nn3cc(-c4cccc(Cl)c4Cl)nc3s2)CC1. The molecule has 2 aromatic heterocycles. The first-order valence-electron chi connectivity index (χ1n) is 8.84. The van der Waals surface area contributed by atoms with Crippen LogP contribution in [0, 0.1) is 5.41 Å². The van der Waals surface area contributed by atoms with Crippen LogP contribution in [0.15, 0.2) is 24.4 Å². The number of nitrogens with zero attached hydrogens (tertiary/aromatic N) is 4. The highest BCUT2D eigenvalue weighted by Gasteiger charge is 2.34. The van der Waals surface area contributed by atoms with E-state index in [1.54, 1.807) is 10.6 Å². The van der Waals surface area contributed by atoms with Crippen LogP contribution in [0.5, 0.6) is 0 Å². The topological polar surface area (TPSA) is 85.8 Å². The zero-order valence-corrected chi connectivity index (χ0v) is 17.5. The van der Waals surface area contributed by atoms with Gasteiger partial charge in [-0.05, 0) is 24.3 Å². The first-order chi connectivity index (χ1) is 13.4. The third-order valence-electron chi connectivity index (χ3n) is 5.20. The molecule has 1 aliphatic rings. The quantitative estimate of drug-likeness (QED) is 0.613. The van der Waals surface area contributed by atoms with E-state index in [-0.39, 0.29) is 11.4 Å². The van der Waals surface area contributed by atoms with Gasteiger partial charge in [-0.3, -0.25) is 4.79 Å². The van der Waals surface area contributed by atoms with Crippen molar-refractivity contribution in [2.24, 2.45) is 11.3 Å². The van der Waals surface area contributed by atoms with Crippen LogP contribution in [0.2, 0.25) is 10.0 Å². The minimum atomic E-state index is -0.365. The molecule has 3 heterocycles. The molecule has 0 bridgehead atoms. The summed E-state index contributed by atoms with van der Waals surface area (Å²) in [6.07, 6.45) is 3.93. The number of carbonyl (C=O) groups excluding carboxylic acids is 1. The predicted octanol–water partition coefficient (Wildman–Crippen LogP) is 4.18. The molecule has 2 N–H and O–H groups in total. The second kappa shape index (κ2) is 7.51. The largest absolute Gasteiger partial charge is 0.373 e. The van der Waals surface area contributed by atoms with Crippen molar-refractivity contribution in [2.45, 2.75) is 26.2 Å². The van der Waals surface area contributed by atoms with Crippen molar-refractivity contribution in [1.82, 2.24) is 14.6 Å². The molecule has 7 nitrogen and oxygen atoms in total. The Morgan fingerprint density at radius 1 is 1.36 bits per heavy atom. The summed E-state index contributed by atoms with van der Waals surface area (Å²) in [7, 11) is 0. The number of fused-ring (bicyclic) bond motifs is 1. The van der Waals surface area contributed by atoms with Gasteiger partial charge in [0.1, 0.15) is 0 Å². The average molecular weight is 440 g/mol. The molecular formula is C18H19Cl2N5O2S. The molecule has 1 aromatic carbocycles. The average Bonchev–Trinajstić information content (AvgIpc) is 3.23. The summed E-state index contributed by atoms with van der Waals surface area (Å²) in [6.45, 7) is 3.73. The number of anilines is 1. The van der Waals surface area contributed by atoms with E-state index >= 15 is 0 Å². The molecule has 0 unspecified atom stereocenters. The first kappa shape index (κ1) is 19.4. The fourth-order valence-electron chi connectivity index (χ4n) is 3.45. The van der Waals surface area contributed by atoms with Crippen molar-refractivity contribution < 1.29 is 9.63 Å². The van der Waals surface area contributed by atoms with Crippen LogP contribution in [0.4, 0.5) is 5.13 Å². The Kier molecular flexibility index (Phi) is 5.22. The summed E-state index contributed by atoms with van der Waals surface area (Å²) in [4.78, 5) is 23.5. The molecule has 1 fully saturated rings. The first-order valence-corrected chi connectivity index (χ1v) is 10.4. The number of carbonyl (C=O) groups is 1. The number of aromatic nitrogens is 3. The summed E-state index contributed by atoms with van der Waals surface area (Å²) < 4.78 is 1.77. The molecular weight excluding hydrogens is 421 g/mol. The summed E-state index contributed by atoms with van der Waals surface area (Å²) in [5.74, 6) is 4.61. The Hall–Kier alpha value is -1.87. The van der Waals surface area contributed by atoms with Gasteiger partial charge in [-0.15, -0.1) is 5.10 Å². The van der Waals surface area contributed by atoms with Crippen LogP contribution in [-0.2, 0) is 9.63 Å². The molecule has 1 aliphatic heterocycles. The second-order valence-corrected chi connectivity index (χ2v) is 9.02. The Morgan fingerprint density at radius 2 is 2.11 bits per heavy atom. The number of nitrogens with two attached hydrogens (primary N) is 1. The molecule has 10 heteroatoms. The van der Waals surface area contributed by atoms with E-state index in [4.69, 9.17) is 29.1 Å². The fourth-order valence-corrected chi connectivity index (χ4v) is 4.79. The third-order valence-corrected chi connectivity index (χ3v) is 7.01. The normalized spacial score (nSPS) is 16.5. The number of benzene rings is 1. The van der Waals surface area contributed by atoms with Gasteiger partial charge in [-0.2, -0.15) is 5.90 Å². The maximum absolute atomic E-state index is 11.5. The van der Waals surface area contributed by atoms with Gasteiger partial charge in [0.15, 0.2) is 0 Å². The summed E-state index contributed by atoms with van der Waals surface area (Å²) in [5, 5.41) is 6.57. The van der Waals surface area contributed by atoms with Gasteiger partial charge in [-0.25, -0.2) is 9.50 Å². The predicted molar refractivity (Wildman–Crippen MR) is 111 cm³/mol. The van der Waals surface area contributed by atoms with Crippen molar-refractivity contribution in [3.8, 4) is 11.3 Å². The van der Waals surface area contributed by atoms with Crippen LogP contribution in [-0.4, -0.2) is 33.7 Å². The van der Waals surface area contributed by atoms with Gasteiger partial charge in [0.25, 0.3) is 0 Å². The van der Waals surface area contributed by atoms with E-state index in [2.05, 4.69) is 26.7 Å². The van der Waals surface area contributed by atoms with Gasteiger partial charge >= 0.3 is 5.97 Å². The Balaban J connectivity index is 1.50. The highest BCUT2D eigenvalue weighted by Crippen LogP contribution is 2.38. The summed E-state index contributed by atoms with van der Waals surface area (Å²) in [5.41, 5.74) is 1.43. The number of halogens is 2. The van der Waals surface area contributed by atoms with Gasteiger partial charge in [-0.1, -0.05) is 53.6 Å². The number of hydrogen-bond donors (Lipinski definition) is 1. The van der Waals surface area contributed by atoms with E-state index in [1.165, 1.54) is 11.3 Å². The molecule has 3 aromatic rings. The molecule has 28 heavy (non-hydrogen) atoms. The van der Waals surface area contributed by atoms with Gasteiger partial charge in [0.2, 0.25) is 10.1 Å². The lowest BCUT2D eigenvalue weighted by molar-refractivity contribution is -0.147. The standard InChI is InChI=1S/C18H19Cl2N5O2S/c1-18(9-14(26)27-21)5-7-24(8-6-18)17-23-25-10-13(22-16(25)28-17)11-3-2-4-12(19)15(11)20/h2-4,10H,5-9,21H2,1H3. The zero-order valence-electron chi connectivity index (χ0n) is 15.2. The van der Waals surface area contributed by atoms with Crippen LogP contribution < -0.4 is 10.8 Å². The van der Waals surface area contributed by atoms with Crippen LogP contribution in [0.3, 0.4) is 0 Å². The molecule has 0 saturated carbocycles. The highest BCUT2D eigenvalue weighted by atomic mass is 35.5. The number of hydrogen-bond acceptors (Lipinski definition) is 7. The van der Waals surface area contributed by atoms with Crippen molar-refractivity contribution >= 4 is 50.6 Å². The highest BCUT2D eigenvalue weighted by molar-refractivity contribution is 7.20. The lowest BCUT2D eigenvalue weighted by Gasteiger charge is -2.38. The van der Waals surface area contributed by atoms with Crippen LogP contribution >= 0.6 is 34.5 Å². The van der Waals surface area contributed by atoms with Crippen molar-refractivity contribution in [3.05, 3.63) is 34.4 Å². The Bertz CT molecular complexity index is 995. The number of rotatable bonds is 4. The molecule has 1 saturated heterocycles. The van der Waals surface area contributed by atoms with E-state index in [0.29, 0.717) is 16.5 Å². The molecule has 0 radical (unpaired) electrons. The van der Waals surface area contributed by atoms with E-state index < -0.39 is 0 Å². The monoisotopic (exact) mass is 439 g/mol. The smallest absolute Gasteiger partial charge is 0.324 e. The molecule has 4 rings (SSSR count). The lowest BCUT2D eigenvalue weighted by Crippen LogP contribution is -2.40. The van der Waals surface area contributed by atoms with Crippen LogP contribution in [0.1, 0.15) is 26.2 Å². The van der Waals surface area contributed by atoms with Crippen molar-refractivity contribution in [1.29, 1.82) is 0 Å². The van der Waals surface area contributed by atoms with E-state index in [9.17, 15) is 4.79 Å². The third kappa shape index (κ3) is 3.69. The zero-order chi connectivity index (χ0) is 19.9. The minimum absolute atomic E-state index is 0.0964. The van der Waals surface area contributed by atoms with Crippen molar-refractivity contribution in [2.75, 3.05) is 18.0 Å². The van der Waals surface area contributed by atoms with Crippen LogP contribution in [0.25, 0.3) is 16.2 Å². The summed E-state index contributed by atoms with van der Waals surface area (Å²) in [6, 6.07) is 5.49. The minimum Gasteiger partial charge on any atom is -0.373 e. The molecule has 148 valence electrons. The maximum atomic E-state index is 11.5. The molecule has 0 atom stereocenters. The molecule has 0 spiro atoms. The lowest BCUT2D eigenvalue weighted by atomic mass is 9.78. The summed E-state index contributed by atoms with van der Waals surface area (Å²) >= 11 is 13.9. The van der Waals surface area contributed by atoms with Gasteiger partial charge in [0, 0.05) is 18.7 Å². The Morgan fingerprint density at radius 3 is 2.79 bits per heavy atom. The second-order valence-electron chi connectivity index (χ2n) is 7.30. The molecule has 0 amide bonds. The van der Waals surface area contributed by atoms with Crippen molar-refractivity contribution in [3.63, 3.8) is 0 Å². The van der Waals surface area contributed by atoms with Gasteiger partial charge in [0.05, 0.1) is 28.4 Å².